The summed E-state index contributed by atoms with van der Waals surface area (Å²) in [6.45, 7) is 0. The first kappa shape index (κ1) is 20.4. The van der Waals surface area contributed by atoms with Crippen molar-refractivity contribution in [1.82, 2.24) is 24.5 Å². The van der Waals surface area contributed by atoms with Crippen molar-refractivity contribution in [3.63, 3.8) is 0 Å². The van der Waals surface area contributed by atoms with Crippen molar-refractivity contribution in [3.05, 3.63) is 46.5 Å². The molecule has 2 saturated carbocycles. The fourth-order valence-electron chi connectivity index (χ4n) is 3.94. The lowest BCUT2D eigenvalue weighted by molar-refractivity contribution is 0.0826. The Labute approximate surface area is 182 Å². The van der Waals surface area contributed by atoms with E-state index in [4.69, 9.17) is 4.74 Å². The molecule has 0 aliphatic heterocycles. The summed E-state index contributed by atoms with van der Waals surface area (Å²) in [5.74, 6) is 0.513. The van der Waals surface area contributed by atoms with E-state index in [0.29, 0.717) is 35.8 Å². The number of carbonyl (C=O) groups is 1. The highest BCUT2D eigenvalue weighted by atomic mass is 19.1. The molecule has 11 heteroatoms. The van der Waals surface area contributed by atoms with E-state index in [2.05, 4.69) is 26.0 Å². The van der Waals surface area contributed by atoms with Crippen LogP contribution in [0.15, 0.2) is 35.4 Å². The van der Waals surface area contributed by atoms with Crippen LogP contribution in [0.2, 0.25) is 0 Å². The van der Waals surface area contributed by atoms with Gasteiger partial charge in [-0.05, 0) is 31.4 Å². The molecule has 4 atom stereocenters. The summed E-state index contributed by atoms with van der Waals surface area (Å²) < 4.78 is 22.1. The minimum absolute atomic E-state index is 0.0218. The molecule has 3 heterocycles. The van der Waals surface area contributed by atoms with Crippen LogP contribution in [0.3, 0.4) is 0 Å². The Morgan fingerprint density at radius 2 is 2.19 bits per heavy atom. The number of nitrogens with zero attached hydrogens (tertiary/aromatic N) is 4. The number of rotatable bonds is 7. The lowest BCUT2D eigenvalue weighted by atomic mass is 9.90. The molecule has 32 heavy (non-hydrogen) atoms. The molecule has 3 N–H and O–H groups in total. The van der Waals surface area contributed by atoms with Crippen LogP contribution >= 0.6 is 0 Å². The third kappa shape index (κ3) is 3.48. The SMILES string of the molecule is CNc1cc(Nc2cccn([C@H]3C[C@@H]3OC)c2=O)nc2c(C(=O)N[C@H]3CC[C@@H]3F)cnn12. The van der Waals surface area contributed by atoms with E-state index in [1.165, 1.54) is 10.7 Å². The quantitative estimate of drug-likeness (QED) is 0.513. The lowest BCUT2D eigenvalue weighted by Crippen LogP contribution is -2.48. The van der Waals surface area contributed by atoms with E-state index in [0.717, 1.165) is 6.42 Å². The van der Waals surface area contributed by atoms with Crippen LogP contribution in [-0.2, 0) is 4.74 Å². The summed E-state index contributed by atoms with van der Waals surface area (Å²) in [5.41, 5.74) is 0.698. The molecular weight excluding hydrogens is 417 g/mol. The van der Waals surface area contributed by atoms with E-state index in [9.17, 15) is 14.0 Å². The summed E-state index contributed by atoms with van der Waals surface area (Å²) in [4.78, 5) is 30.2. The number of amides is 1. The third-order valence-corrected chi connectivity index (χ3v) is 6.08. The van der Waals surface area contributed by atoms with E-state index < -0.39 is 18.1 Å². The van der Waals surface area contributed by atoms with Crippen LogP contribution in [0.4, 0.5) is 21.7 Å². The van der Waals surface area contributed by atoms with Gasteiger partial charge >= 0.3 is 0 Å². The van der Waals surface area contributed by atoms with Crippen molar-refractivity contribution in [3.8, 4) is 0 Å². The fourth-order valence-corrected chi connectivity index (χ4v) is 3.94. The Kier molecular flexibility index (Phi) is 5.04. The van der Waals surface area contributed by atoms with Crippen molar-refractivity contribution >= 4 is 28.9 Å². The number of ether oxygens (including phenoxy) is 1. The molecule has 3 aromatic heterocycles. The van der Waals surface area contributed by atoms with Gasteiger partial charge in [0.05, 0.1) is 24.4 Å². The largest absolute Gasteiger partial charge is 0.379 e. The number of methoxy groups -OCH3 is 1. The molecule has 1 amide bonds. The second-order valence-electron chi connectivity index (χ2n) is 8.08. The normalized spacial score (nSPS) is 24.1. The number of pyridine rings is 1. The third-order valence-electron chi connectivity index (χ3n) is 6.08. The molecule has 2 fully saturated rings. The highest BCUT2D eigenvalue weighted by molar-refractivity contribution is 6.00. The fraction of sp³-hybridized carbons (Fsp3) is 0.429. The maximum Gasteiger partial charge on any atom is 0.274 e. The van der Waals surface area contributed by atoms with Gasteiger partial charge in [-0.2, -0.15) is 9.61 Å². The molecule has 3 aromatic rings. The van der Waals surface area contributed by atoms with Gasteiger partial charge in [-0.15, -0.1) is 0 Å². The van der Waals surface area contributed by atoms with Crippen molar-refractivity contribution in [2.75, 3.05) is 24.8 Å². The number of hydrogen-bond acceptors (Lipinski definition) is 7. The van der Waals surface area contributed by atoms with Crippen molar-refractivity contribution in [2.45, 2.75) is 43.6 Å². The van der Waals surface area contributed by atoms with E-state index >= 15 is 0 Å². The number of anilines is 3. The van der Waals surface area contributed by atoms with E-state index in [1.54, 1.807) is 43.1 Å². The molecule has 0 radical (unpaired) electrons. The topological polar surface area (TPSA) is 115 Å². The van der Waals surface area contributed by atoms with Gasteiger partial charge in [0.2, 0.25) is 0 Å². The predicted octanol–water partition coefficient (Wildman–Crippen LogP) is 1.87. The smallest absolute Gasteiger partial charge is 0.274 e. The molecule has 2 aliphatic rings. The standard InChI is InChI=1S/C21H24FN7O3/c1-23-18-9-17(25-14-4-3-7-28(21(14)31)15-8-16(15)32-2)27-19-11(10-24-29(18)19)20(30)26-13-6-5-12(13)22/h3-4,7,9-10,12-13,15-16,23H,5-6,8H2,1-2H3,(H,25,27)(H,26,30)/t12-,13-,15-,16-/m0/s1. The van der Waals surface area contributed by atoms with Gasteiger partial charge < -0.3 is 25.3 Å². The molecule has 5 rings (SSSR count). The van der Waals surface area contributed by atoms with Crippen molar-refractivity contribution < 1.29 is 13.9 Å². The summed E-state index contributed by atoms with van der Waals surface area (Å²) in [7, 11) is 3.35. The van der Waals surface area contributed by atoms with Crippen LogP contribution in [-0.4, -0.2) is 57.5 Å². The van der Waals surface area contributed by atoms with Crippen LogP contribution in [0, 0.1) is 0 Å². The van der Waals surface area contributed by atoms with Crippen molar-refractivity contribution in [2.24, 2.45) is 0 Å². The highest BCUT2D eigenvalue weighted by Gasteiger charge is 2.39. The summed E-state index contributed by atoms with van der Waals surface area (Å²) in [6.07, 6.45) is 4.02. The number of hydrogen-bond donors (Lipinski definition) is 3. The molecule has 0 spiro atoms. The number of carbonyl (C=O) groups excluding carboxylic acids is 1. The first-order valence-electron chi connectivity index (χ1n) is 10.5. The molecule has 2 aliphatic carbocycles. The summed E-state index contributed by atoms with van der Waals surface area (Å²) in [6, 6.07) is 4.69. The minimum atomic E-state index is -1.02. The lowest BCUT2D eigenvalue weighted by Gasteiger charge is -2.30. The van der Waals surface area contributed by atoms with Crippen LogP contribution in [0.5, 0.6) is 0 Å². The van der Waals surface area contributed by atoms with Crippen LogP contribution in [0.1, 0.15) is 35.7 Å². The summed E-state index contributed by atoms with van der Waals surface area (Å²) >= 11 is 0. The molecule has 0 aromatic carbocycles. The Morgan fingerprint density at radius 3 is 2.84 bits per heavy atom. The number of aromatic nitrogens is 4. The number of fused-ring (bicyclic) bond motifs is 1. The minimum Gasteiger partial charge on any atom is -0.379 e. The van der Waals surface area contributed by atoms with E-state index in [1.807, 2.05) is 0 Å². The molecule has 168 valence electrons. The van der Waals surface area contributed by atoms with Gasteiger partial charge in [0.1, 0.15) is 29.1 Å². The number of nitrogens with one attached hydrogen (secondary N) is 3. The van der Waals surface area contributed by atoms with Gasteiger partial charge in [0, 0.05) is 26.4 Å². The number of alkyl halides is 1. The predicted molar refractivity (Wildman–Crippen MR) is 116 cm³/mol. The number of halogens is 1. The zero-order chi connectivity index (χ0) is 22.4. The molecule has 10 nitrogen and oxygen atoms in total. The molecule has 0 saturated heterocycles. The zero-order valence-electron chi connectivity index (χ0n) is 17.7. The Hall–Kier alpha value is -3.47. The van der Waals surface area contributed by atoms with Crippen LogP contribution in [0.25, 0.3) is 5.65 Å². The van der Waals surface area contributed by atoms with Gasteiger partial charge in [-0.25, -0.2) is 9.37 Å². The second-order valence-corrected chi connectivity index (χ2v) is 8.08. The average Bonchev–Trinajstić information content (AvgIpc) is 3.46. The van der Waals surface area contributed by atoms with Gasteiger partial charge in [0.15, 0.2) is 5.65 Å². The second kappa shape index (κ2) is 7.90. The molecule has 0 bridgehead atoms. The van der Waals surface area contributed by atoms with Crippen LogP contribution < -0.4 is 21.5 Å². The van der Waals surface area contributed by atoms with Gasteiger partial charge in [-0.1, -0.05) is 0 Å². The average molecular weight is 441 g/mol. The highest BCUT2D eigenvalue weighted by Crippen LogP contribution is 2.37. The Bertz CT molecular complexity index is 1240. The first-order valence-corrected chi connectivity index (χ1v) is 10.5. The maximum atomic E-state index is 13.6. The maximum absolute atomic E-state index is 13.6. The monoisotopic (exact) mass is 441 g/mol. The molecule has 0 unspecified atom stereocenters. The Morgan fingerprint density at radius 1 is 1.34 bits per heavy atom. The van der Waals surface area contributed by atoms with Gasteiger partial charge in [-0.3, -0.25) is 9.59 Å². The Balaban J connectivity index is 1.46. The first-order chi connectivity index (χ1) is 15.5. The van der Waals surface area contributed by atoms with Gasteiger partial charge in [0.25, 0.3) is 11.5 Å². The van der Waals surface area contributed by atoms with Crippen molar-refractivity contribution in [1.29, 1.82) is 0 Å². The van der Waals surface area contributed by atoms with E-state index in [-0.39, 0.29) is 23.3 Å². The zero-order valence-corrected chi connectivity index (χ0v) is 17.7. The molecular formula is C21H24FN7O3. The summed E-state index contributed by atoms with van der Waals surface area (Å²) in [5, 5.41) is 13.0.